The minimum Gasteiger partial charge on any atom is -0.481 e. The Hall–Kier alpha value is -1.53. The first-order chi connectivity index (χ1) is 9.61. The number of nitrogens with zero attached hydrogens (tertiary/aromatic N) is 1. The molecule has 1 aliphatic carbocycles. The Bertz CT molecular complexity index is 418. The fourth-order valence-electron chi connectivity index (χ4n) is 2.48. The lowest BCUT2D eigenvalue weighted by atomic mass is 9.82. The quantitative estimate of drug-likeness (QED) is 0.795. The maximum absolute atomic E-state index is 12.6. The second kappa shape index (κ2) is 6.95. The zero-order chi connectivity index (χ0) is 16.2. The normalized spacial score (nSPS) is 22.4. The van der Waals surface area contributed by atoms with Gasteiger partial charge in [0.2, 0.25) is 5.91 Å². The third-order valence-corrected chi connectivity index (χ3v) is 3.33. The van der Waals surface area contributed by atoms with Crippen LogP contribution < -0.4 is 0 Å². The Morgan fingerprint density at radius 3 is 2.19 bits per heavy atom. The number of carboxylic acids is 1. The van der Waals surface area contributed by atoms with Crippen LogP contribution >= 0.6 is 0 Å². The maximum atomic E-state index is 12.6. The first-order valence-corrected chi connectivity index (χ1v) is 6.85. The first kappa shape index (κ1) is 17.5. The Morgan fingerprint density at radius 1 is 1.24 bits per heavy atom. The molecule has 1 rings (SSSR count). The standard InChI is InChI=1S/C14H20F3NO3/c1-9(2)7-18(8-14(15,16)17)12(19)10-5-3-4-6-11(10)13(20)21/h3-4,9-11H,5-8H2,1-2H3,(H,20,21). The van der Waals surface area contributed by atoms with E-state index in [2.05, 4.69) is 0 Å². The summed E-state index contributed by atoms with van der Waals surface area (Å²) in [7, 11) is 0. The molecule has 1 N–H and O–H groups in total. The maximum Gasteiger partial charge on any atom is 0.406 e. The highest BCUT2D eigenvalue weighted by Gasteiger charge is 2.40. The number of hydrogen-bond donors (Lipinski definition) is 1. The predicted molar refractivity (Wildman–Crippen MR) is 70.5 cm³/mol. The molecule has 1 amide bonds. The Kier molecular flexibility index (Phi) is 5.80. The summed E-state index contributed by atoms with van der Waals surface area (Å²) < 4.78 is 37.8. The molecule has 2 unspecified atom stereocenters. The van der Waals surface area contributed by atoms with Crippen molar-refractivity contribution in [2.45, 2.75) is 32.9 Å². The number of alkyl halides is 3. The lowest BCUT2D eigenvalue weighted by molar-refractivity contribution is -0.167. The van der Waals surface area contributed by atoms with Crippen LogP contribution in [0.25, 0.3) is 0 Å². The van der Waals surface area contributed by atoms with E-state index >= 15 is 0 Å². The highest BCUT2D eigenvalue weighted by Crippen LogP contribution is 2.29. The summed E-state index contributed by atoms with van der Waals surface area (Å²) in [5.41, 5.74) is 0. The molecule has 0 aliphatic heterocycles. The molecule has 1 aliphatic rings. The van der Waals surface area contributed by atoms with E-state index in [4.69, 9.17) is 5.11 Å². The van der Waals surface area contributed by atoms with Crippen molar-refractivity contribution in [1.82, 2.24) is 4.90 Å². The van der Waals surface area contributed by atoms with Gasteiger partial charge in [-0.2, -0.15) is 13.2 Å². The van der Waals surface area contributed by atoms with Crippen molar-refractivity contribution in [3.05, 3.63) is 12.2 Å². The molecule has 4 nitrogen and oxygen atoms in total. The van der Waals surface area contributed by atoms with Crippen LogP contribution in [0.2, 0.25) is 0 Å². The lowest BCUT2D eigenvalue weighted by Gasteiger charge is -2.32. The molecule has 0 saturated heterocycles. The van der Waals surface area contributed by atoms with Gasteiger partial charge >= 0.3 is 12.1 Å². The van der Waals surface area contributed by atoms with Crippen molar-refractivity contribution in [2.75, 3.05) is 13.1 Å². The summed E-state index contributed by atoms with van der Waals surface area (Å²) in [6.45, 7) is 2.06. The molecule has 0 aromatic rings. The molecule has 0 radical (unpaired) electrons. The lowest BCUT2D eigenvalue weighted by Crippen LogP contribution is -2.47. The molecule has 0 fully saturated rings. The van der Waals surface area contributed by atoms with Crippen LogP contribution in [0.3, 0.4) is 0 Å². The van der Waals surface area contributed by atoms with E-state index in [0.717, 1.165) is 4.90 Å². The van der Waals surface area contributed by atoms with Crippen molar-refractivity contribution in [3.63, 3.8) is 0 Å². The summed E-state index contributed by atoms with van der Waals surface area (Å²) in [6.07, 6.45) is -0.842. The van der Waals surface area contributed by atoms with E-state index in [1.165, 1.54) is 0 Å². The third kappa shape index (κ3) is 5.40. The van der Waals surface area contributed by atoms with E-state index in [1.54, 1.807) is 26.0 Å². The highest BCUT2D eigenvalue weighted by atomic mass is 19.4. The van der Waals surface area contributed by atoms with Gasteiger partial charge in [-0.25, -0.2) is 0 Å². The Morgan fingerprint density at radius 2 is 1.76 bits per heavy atom. The van der Waals surface area contributed by atoms with Crippen molar-refractivity contribution < 1.29 is 27.9 Å². The predicted octanol–water partition coefficient (Wildman–Crippen LogP) is 2.70. The number of aliphatic carboxylic acids is 1. The Labute approximate surface area is 121 Å². The van der Waals surface area contributed by atoms with Gasteiger partial charge in [0.1, 0.15) is 6.54 Å². The van der Waals surface area contributed by atoms with Crippen molar-refractivity contribution >= 4 is 11.9 Å². The number of hydrogen-bond acceptors (Lipinski definition) is 2. The molecule has 0 heterocycles. The fraction of sp³-hybridized carbons (Fsp3) is 0.714. The van der Waals surface area contributed by atoms with Gasteiger partial charge in [-0.3, -0.25) is 9.59 Å². The molecular weight excluding hydrogens is 287 g/mol. The van der Waals surface area contributed by atoms with Gasteiger partial charge in [0, 0.05) is 6.54 Å². The van der Waals surface area contributed by atoms with Crippen LogP contribution in [0.5, 0.6) is 0 Å². The van der Waals surface area contributed by atoms with Crippen LogP contribution in [0.15, 0.2) is 12.2 Å². The molecule has 0 aromatic heterocycles. The van der Waals surface area contributed by atoms with E-state index in [0.29, 0.717) is 0 Å². The molecule has 120 valence electrons. The van der Waals surface area contributed by atoms with Gasteiger partial charge in [-0.05, 0) is 18.8 Å². The van der Waals surface area contributed by atoms with Gasteiger partial charge in [-0.15, -0.1) is 0 Å². The van der Waals surface area contributed by atoms with Crippen LogP contribution in [-0.4, -0.2) is 41.1 Å². The van der Waals surface area contributed by atoms with Crippen LogP contribution in [0.4, 0.5) is 13.2 Å². The zero-order valence-corrected chi connectivity index (χ0v) is 12.1. The minimum atomic E-state index is -4.49. The van der Waals surface area contributed by atoms with Crippen LogP contribution in [-0.2, 0) is 9.59 Å². The summed E-state index contributed by atoms with van der Waals surface area (Å²) in [6, 6.07) is 0. The van der Waals surface area contributed by atoms with E-state index in [1.807, 2.05) is 0 Å². The summed E-state index contributed by atoms with van der Waals surface area (Å²) in [4.78, 5) is 24.3. The van der Waals surface area contributed by atoms with Gasteiger partial charge in [0.25, 0.3) is 0 Å². The monoisotopic (exact) mass is 307 g/mol. The third-order valence-electron chi connectivity index (χ3n) is 3.33. The summed E-state index contributed by atoms with van der Waals surface area (Å²) >= 11 is 0. The number of halogens is 3. The molecule has 7 heteroatoms. The first-order valence-electron chi connectivity index (χ1n) is 6.85. The van der Waals surface area contributed by atoms with Gasteiger partial charge in [-0.1, -0.05) is 26.0 Å². The van der Waals surface area contributed by atoms with Crippen LogP contribution in [0.1, 0.15) is 26.7 Å². The molecule has 0 spiro atoms. The average Bonchev–Trinajstić information content (AvgIpc) is 2.34. The second-order valence-electron chi connectivity index (χ2n) is 5.72. The number of carboxylic acid groups (broad SMARTS) is 1. The van der Waals surface area contributed by atoms with E-state index in [-0.39, 0.29) is 25.3 Å². The van der Waals surface area contributed by atoms with Crippen molar-refractivity contribution in [1.29, 1.82) is 0 Å². The number of carbonyl (C=O) groups excluding carboxylic acids is 1. The second-order valence-corrected chi connectivity index (χ2v) is 5.72. The number of carbonyl (C=O) groups is 2. The number of amides is 1. The molecule has 21 heavy (non-hydrogen) atoms. The minimum absolute atomic E-state index is 0.0368. The smallest absolute Gasteiger partial charge is 0.406 e. The molecule has 0 aromatic carbocycles. The van der Waals surface area contributed by atoms with Gasteiger partial charge < -0.3 is 10.0 Å². The van der Waals surface area contributed by atoms with E-state index < -0.39 is 36.4 Å². The average molecular weight is 307 g/mol. The van der Waals surface area contributed by atoms with Crippen LogP contribution in [0, 0.1) is 17.8 Å². The zero-order valence-electron chi connectivity index (χ0n) is 12.1. The van der Waals surface area contributed by atoms with Crippen molar-refractivity contribution in [2.24, 2.45) is 17.8 Å². The molecule has 0 bridgehead atoms. The fourth-order valence-corrected chi connectivity index (χ4v) is 2.48. The highest BCUT2D eigenvalue weighted by molar-refractivity contribution is 5.85. The molecule has 2 atom stereocenters. The Balaban J connectivity index is 2.92. The molecular formula is C14H20F3NO3. The topological polar surface area (TPSA) is 57.6 Å². The van der Waals surface area contributed by atoms with Crippen molar-refractivity contribution in [3.8, 4) is 0 Å². The van der Waals surface area contributed by atoms with Gasteiger partial charge in [0.15, 0.2) is 0 Å². The largest absolute Gasteiger partial charge is 0.481 e. The number of rotatable bonds is 5. The summed E-state index contributed by atoms with van der Waals surface area (Å²) in [5, 5.41) is 9.13. The SMILES string of the molecule is CC(C)CN(CC(F)(F)F)C(=O)C1CC=CCC1C(=O)O. The van der Waals surface area contributed by atoms with Gasteiger partial charge in [0.05, 0.1) is 11.8 Å². The number of allylic oxidation sites excluding steroid dienone is 2. The molecule has 0 saturated carbocycles. The summed E-state index contributed by atoms with van der Waals surface area (Å²) in [5.74, 6) is -3.87. The van der Waals surface area contributed by atoms with E-state index in [9.17, 15) is 22.8 Å².